The fourth-order valence-electron chi connectivity index (χ4n) is 2.51. The van der Waals surface area contributed by atoms with Crippen molar-refractivity contribution < 1.29 is 4.74 Å². The molecule has 82 valence electrons. The lowest BCUT2D eigenvalue weighted by molar-refractivity contribution is 0.367. The molecule has 1 aromatic rings. The molecule has 0 amide bonds. The SMILES string of the molecule is COc1ccccc1[C@H]1CCC[C@H](N)C1. The maximum Gasteiger partial charge on any atom is 0.122 e. The lowest BCUT2D eigenvalue weighted by atomic mass is 9.81. The first kappa shape index (κ1) is 10.5. The zero-order valence-corrected chi connectivity index (χ0v) is 9.28. The van der Waals surface area contributed by atoms with E-state index >= 15 is 0 Å². The molecule has 1 aliphatic carbocycles. The van der Waals surface area contributed by atoms with Crippen molar-refractivity contribution in [3.63, 3.8) is 0 Å². The third-order valence-corrected chi connectivity index (χ3v) is 3.29. The fourth-order valence-corrected chi connectivity index (χ4v) is 2.51. The van der Waals surface area contributed by atoms with Crippen LogP contribution in [0.4, 0.5) is 0 Å². The van der Waals surface area contributed by atoms with E-state index in [1.807, 2.05) is 12.1 Å². The van der Waals surface area contributed by atoms with Crippen LogP contribution < -0.4 is 10.5 Å². The quantitative estimate of drug-likeness (QED) is 0.805. The van der Waals surface area contributed by atoms with Gasteiger partial charge in [-0.25, -0.2) is 0 Å². The van der Waals surface area contributed by atoms with Gasteiger partial charge in [-0.05, 0) is 36.8 Å². The van der Waals surface area contributed by atoms with Gasteiger partial charge in [-0.3, -0.25) is 0 Å². The minimum absolute atomic E-state index is 0.369. The van der Waals surface area contributed by atoms with E-state index < -0.39 is 0 Å². The first-order valence-electron chi connectivity index (χ1n) is 5.69. The Balaban J connectivity index is 2.20. The molecule has 2 heteroatoms. The summed E-state index contributed by atoms with van der Waals surface area (Å²) in [5, 5.41) is 0. The van der Waals surface area contributed by atoms with Crippen molar-refractivity contribution in [1.82, 2.24) is 0 Å². The van der Waals surface area contributed by atoms with Crippen molar-refractivity contribution >= 4 is 0 Å². The van der Waals surface area contributed by atoms with Gasteiger partial charge in [-0.2, -0.15) is 0 Å². The summed E-state index contributed by atoms with van der Waals surface area (Å²) in [5.74, 6) is 1.60. The maximum absolute atomic E-state index is 6.01. The van der Waals surface area contributed by atoms with Crippen LogP contribution in [0.3, 0.4) is 0 Å². The summed E-state index contributed by atoms with van der Waals surface area (Å²) < 4.78 is 5.39. The number of methoxy groups -OCH3 is 1. The van der Waals surface area contributed by atoms with Crippen molar-refractivity contribution in [3.8, 4) is 5.75 Å². The molecule has 2 atom stereocenters. The van der Waals surface area contributed by atoms with E-state index in [9.17, 15) is 0 Å². The van der Waals surface area contributed by atoms with Gasteiger partial charge in [0, 0.05) is 6.04 Å². The fraction of sp³-hybridized carbons (Fsp3) is 0.538. The molecular formula is C13H19NO. The number of para-hydroxylation sites is 1. The first-order valence-corrected chi connectivity index (χ1v) is 5.69. The number of ether oxygens (including phenoxy) is 1. The van der Waals surface area contributed by atoms with Crippen LogP contribution in [0.5, 0.6) is 5.75 Å². The average molecular weight is 205 g/mol. The van der Waals surface area contributed by atoms with Crippen LogP contribution in [0.15, 0.2) is 24.3 Å². The maximum atomic E-state index is 6.01. The lowest BCUT2D eigenvalue weighted by Crippen LogP contribution is -2.26. The number of hydrogen-bond donors (Lipinski definition) is 1. The van der Waals surface area contributed by atoms with E-state index in [2.05, 4.69) is 12.1 Å². The normalized spacial score (nSPS) is 26.3. The summed E-state index contributed by atoms with van der Waals surface area (Å²) in [6, 6.07) is 8.67. The molecule has 1 saturated carbocycles. The molecule has 0 unspecified atom stereocenters. The van der Waals surface area contributed by atoms with Gasteiger partial charge in [0.1, 0.15) is 5.75 Å². The summed E-state index contributed by atoms with van der Waals surface area (Å²) in [6.07, 6.45) is 4.75. The topological polar surface area (TPSA) is 35.2 Å². The Morgan fingerprint density at radius 2 is 2.07 bits per heavy atom. The molecule has 2 rings (SSSR count). The molecule has 0 aliphatic heterocycles. The molecule has 0 spiro atoms. The Bertz CT molecular complexity index is 324. The van der Waals surface area contributed by atoms with Crippen LogP contribution in [0.2, 0.25) is 0 Å². The van der Waals surface area contributed by atoms with E-state index in [0.29, 0.717) is 12.0 Å². The standard InChI is InChI=1S/C13H19NO/c1-15-13-8-3-2-7-12(13)10-5-4-6-11(14)9-10/h2-3,7-8,10-11H,4-6,9,14H2,1H3/t10-,11-/m0/s1. The van der Waals surface area contributed by atoms with E-state index in [1.165, 1.54) is 24.8 Å². The van der Waals surface area contributed by atoms with Crippen LogP contribution in [0.25, 0.3) is 0 Å². The molecule has 1 aliphatic rings. The second-order valence-corrected chi connectivity index (χ2v) is 4.37. The Labute approximate surface area is 91.4 Å². The number of rotatable bonds is 2. The van der Waals surface area contributed by atoms with Crippen LogP contribution >= 0.6 is 0 Å². The van der Waals surface area contributed by atoms with Crippen molar-refractivity contribution in [2.75, 3.05) is 7.11 Å². The average Bonchev–Trinajstić information content (AvgIpc) is 2.29. The van der Waals surface area contributed by atoms with E-state index in [-0.39, 0.29) is 0 Å². The summed E-state index contributed by atoms with van der Waals surface area (Å²) >= 11 is 0. The second kappa shape index (κ2) is 4.67. The van der Waals surface area contributed by atoms with E-state index in [1.54, 1.807) is 7.11 Å². The number of benzene rings is 1. The predicted molar refractivity (Wildman–Crippen MR) is 62.2 cm³/mol. The molecule has 1 aromatic carbocycles. The third-order valence-electron chi connectivity index (χ3n) is 3.29. The van der Waals surface area contributed by atoms with Gasteiger partial charge >= 0.3 is 0 Å². The molecule has 0 heterocycles. The highest BCUT2D eigenvalue weighted by Gasteiger charge is 2.22. The third kappa shape index (κ3) is 2.32. The van der Waals surface area contributed by atoms with Gasteiger partial charge in [0.2, 0.25) is 0 Å². The molecule has 0 radical (unpaired) electrons. The van der Waals surface area contributed by atoms with E-state index in [4.69, 9.17) is 10.5 Å². The number of nitrogens with two attached hydrogens (primary N) is 1. The zero-order chi connectivity index (χ0) is 10.7. The van der Waals surface area contributed by atoms with Crippen LogP contribution in [0.1, 0.15) is 37.2 Å². The summed E-state index contributed by atoms with van der Waals surface area (Å²) in [7, 11) is 1.74. The monoisotopic (exact) mass is 205 g/mol. The molecule has 0 saturated heterocycles. The largest absolute Gasteiger partial charge is 0.496 e. The highest BCUT2D eigenvalue weighted by Crippen LogP contribution is 2.36. The van der Waals surface area contributed by atoms with Gasteiger partial charge in [0.25, 0.3) is 0 Å². The second-order valence-electron chi connectivity index (χ2n) is 4.37. The summed E-state index contributed by atoms with van der Waals surface area (Å²) in [5.41, 5.74) is 7.34. The van der Waals surface area contributed by atoms with Crippen molar-refractivity contribution in [3.05, 3.63) is 29.8 Å². The first-order chi connectivity index (χ1) is 7.31. The van der Waals surface area contributed by atoms with Gasteiger partial charge in [-0.1, -0.05) is 24.6 Å². The Hall–Kier alpha value is -1.02. The summed E-state index contributed by atoms with van der Waals surface area (Å²) in [4.78, 5) is 0. The molecule has 2 nitrogen and oxygen atoms in total. The van der Waals surface area contributed by atoms with Gasteiger partial charge in [0.15, 0.2) is 0 Å². The smallest absolute Gasteiger partial charge is 0.122 e. The van der Waals surface area contributed by atoms with Crippen LogP contribution in [-0.4, -0.2) is 13.2 Å². The molecule has 1 fully saturated rings. The molecular weight excluding hydrogens is 186 g/mol. The summed E-state index contributed by atoms with van der Waals surface area (Å²) in [6.45, 7) is 0. The van der Waals surface area contributed by atoms with Gasteiger partial charge in [0.05, 0.1) is 7.11 Å². The van der Waals surface area contributed by atoms with Crippen molar-refractivity contribution in [1.29, 1.82) is 0 Å². The molecule has 0 bridgehead atoms. The van der Waals surface area contributed by atoms with Crippen LogP contribution in [-0.2, 0) is 0 Å². The Kier molecular flexibility index (Phi) is 3.27. The minimum atomic E-state index is 0.369. The van der Waals surface area contributed by atoms with Gasteiger partial charge < -0.3 is 10.5 Å². The van der Waals surface area contributed by atoms with Crippen molar-refractivity contribution in [2.24, 2.45) is 5.73 Å². The highest BCUT2D eigenvalue weighted by molar-refractivity contribution is 5.36. The Morgan fingerprint density at radius 1 is 1.27 bits per heavy atom. The van der Waals surface area contributed by atoms with Gasteiger partial charge in [-0.15, -0.1) is 0 Å². The van der Waals surface area contributed by atoms with E-state index in [0.717, 1.165) is 12.2 Å². The molecule has 2 N–H and O–H groups in total. The number of hydrogen-bond acceptors (Lipinski definition) is 2. The Morgan fingerprint density at radius 3 is 2.80 bits per heavy atom. The molecule has 15 heavy (non-hydrogen) atoms. The minimum Gasteiger partial charge on any atom is -0.496 e. The lowest BCUT2D eigenvalue weighted by Gasteiger charge is -2.27. The predicted octanol–water partition coefficient (Wildman–Crippen LogP) is 2.68. The van der Waals surface area contributed by atoms with Crippen molar-refractivity contribution in [2.45, 2.75) is 37.6 Å². The highest BCUT2D eigenvalue weighted by atomic mass is 16.5. The molecule has 0 aromatic heterocycles. The zero-order valence-electron chi connectivity index (χ0n) is 9.28. The van der Waals surface area contributed by atoms with Crippen LogP contribution in [0, 0.1) is 0 Å².